The molecule has 8 heteroatoms. The molecule has 0 saturated heterocycles. The predicted molar refractivity (Wildman–Crippen MR) is 137 cm³/mol. The Kier molecular flexibility index (Phi) is 6.01. The number of hydrogen-bond donors (Lipinski definition) is 1. The highest BCUT2D eigenvalue weighted by Crippen LogP contribution is 2.68. The van der Waals surface area contributed by atoms with Crippen molar-refractivity contribution in [3.63, 3.8) is 0 Å². The van der Waals surface area contributed by atoms with Crippen LogP contribution in [-0.2, 0) is 16.1 Å². The number of fused-ring (bicyclic) bond motifs is 6. The molecule has 4 fully saturated rings. The van der Waals surface area contributed by atoms with E-state index in [1.54, 1.807) is 16.9 Å². The molecule has 4 aliphatic rings. The lowest BCUT2D eigenvalue weighted by Crippen LogP contribution is -2.58. The van der Waals surface area contributed by atoms with E-state index in [4.69, 9.17) is 16.3 Å². The number of hydrogen-bond acceptors (Lipinski definition) is 6. The van der Waals surface area contributed by atoms with Gasteiger partial charge in [-0.25, -0.2) is 9.67 Å². The van der Waals surface area contributed by atoms with Crippen LogP contribution in [0.25, 0.3) is 11.2 Å². The summed E-state index contributed by atoms with van der Waals surface area (Å²) in [7, 11) is 1.84. The van der Waals surface area contributed by atoms with Crippen molar-refractivity contribution in [3.8, 4) is 0 Å². The maximum absolute atomic E-state index is 13.7. The van der Waals surface area contributed by atoms with Gasteiger partial charge in [-0.1, -0.05) is 23.7 Å². The lowest BCUT2D eigenvalue weighted by Gasteiger charge is -2.62. The number of carbonyl (C=O) groups excluding carboxylic acids is 1. The molecular formula is C28H39ClN4O3. The van der Waals surface area contributed by atoms with Crippen molar-refractivity contribution < 1.29 is 14.6 Å². The molecule has 196 valence electrons. The molecule has 4 saturated carbocycles. The zero-order valence-electron chi connectivity index (χ0n) is 21.8. The number of ketones is 1. The van der Waals surface area contributed by atoms with E-state index in [1.807, 2.05) is 14.0 Å². The number of ether oxygens (including phenoxy) is 1. The van der Waals surface area contributed by atoms with Crippen molar-refractivity contribution in [2.45, 2.75) is 83.8 Å². The largest absolute Gasteiger partial charge is 0.390 e. The van der Waals surface area contributed by atoms with Crippen molar-refractivity contribution in [1.82, 2.24) is 20.0 Å². The maximum atomic E-state index is 13.7. The molecule has 7 nitrogen and oxygen atoms in total. The van der Waals surface area contributed by atoms with Gasteiger partial charge in [0, 0.05) is 19.2 Å². The third kappa shape index (κ3) is 3.75. The number of carbonyl (C=O) groups is 1. The first-order chi connectivity index (χ1) is 17.2. The van der Waals surface area contributed by atoms with E-state index in [-0.39, 0.29) is 29.1 Å². The number of aromatic nitrogens is 4. The zero-order valence-corrected chi connectivity index (χ0v) is 22.5. The van der Waals surface area contributed by atoms with Crippen molar-refractivity contribution in [1.29, 1.82) is 0 Å². The highest BCUT2D eigenvalue weighted by atomic mass is 35.5. The Hall–Kier alpha value is -1.57. The SMILES string of the molecule is COC[C@]12CC[C@@](C)(O)C[C@@H]1CC[C@H]1[C@@H]3CC[C@H](C(=O)Cn4nnc5cc(Cl)cnc54)[C@@]3(C)CC[C@@H]12. The number of rotatable bonds is 5. The van der Waals surface area contributed by atoms with Crippen LogP contribution in [0.5, 0.6) is 0 Å². The Labute approximate surface area is 218 Å². The van der Waals surface area contributed by atoms with Crippen molar-refractivity contribution in [2.75, 3.05) is 13.7 Å². The van der Waals surface area contributed by atoms with Crippen molar-refractivity contribution in [2.24, 2.45) is 40.4 Å². The average molecular weight is 515 g/mol. The van der Waals surface area contributed by atoms with Gasteiger partial charge in [0.2, 0.25) is 0 Å². The third-order valence-electron chi connectivity index (χ3n) is 11.1. The van der Waals surface area contributed by atoms with E-state index >= 15 is 0 Å². The molecule has 0 aliphatic heterocycles. The van der Waals surface area contributed by atoms with Crippen LogP contribution in [0.4, 0.5) is 0 Å². The standard InChI is InChI=1S/C28H39ClN4O3/c1-26(35)10-11-28(16-36-3)17(13-26)4-5-19-20-6-7-22(27(20,2)9-8-21(19)28)24(34)15-33-25-23(31-32-33)12-18(29)14-30-25/h12,14,17,19-22,35H,4-11,13,15-16H2,1-3H3/t17-,19-,20-,21-,22+,26+,27-,28+/m0/s1. The number of Topliss-reactive ketones (excluding diaryl/α,β-unsaturated/α-hetero) is 1. The van der Waals surface area contributed by atoms with Crippen LogP contribution in [0, 0.1) is 40.4 Å². The van der Waals surface area contributed by atoms with Crippen LogP contribution < -0.4 is 0 Å². The van der Waals surface area contributed by atoms with Gasteiger partial charge >= 0.3 is 0 Å². The van der Waals surface area contributed by atoms with E-state index in [1.165, 1.54) is 12.8 Å². The molecule has 0 spiro atoms. The van der Waals surface area contributed by atoms with E-state index in [9.17, 15) is 9.90 Å². The lowest BCUT2D eigenvalue weighted by atomic mass is 9.43. The number of pyridine rings is 1. The van der Waals surface area contributed by atoms with Crippen LogP contribution >= 0.6 is 11.6 Å². The summed E-state index contributed by atoms with van der Waals surface area (Å²) in [5, 5.41) is 19.8. The molecule has 6 rings (SSSR count). The molecule has 2 aromatic rings. The number of nitrogens with zero attached hydrogens (tertiary/aromatic N) is 4. The van der Waals surface area contributed by atoms with Crippen LogP contribution in [-0.4, -0.2) is 50.2 Å². The molecule has 1 N–H and O–H groups in total. The fourth-order valence-corrected chi connectivity index (χ4v) is 9.67. The summed E-state index contributed by atoms with van der Waals surface area (Å²) >= 11 is 6.05. The summed E-state index contributed by atoms with van der Waals surface area (Å²) in [5.74, 6) is 2.70. The van der Waals surface area contributed by atoms with Gasteiger partial charge in [0.25, 0.3) is 0 Å². The Morgan fingerprint density at radius 3 is 2.81 bits per heavy atom. The quantitative estimate of drug-likeness (QED) is 0.598. The molecule has 4 aliphatic carbocycles. The van der Waals surface area contributed by atoms with Gasteiger partial charge < -0.3 is 9.84 Å². The third-order valence-corrected chi connectivity index (χ3v) is 11.3. The molecule has 0 radical (unpaired) electrons. The van der Waals surface area contributed by atoms with Crippen molar-refractivity contribution in [3.05, 3.63) is 17.3 Å². The summed E-state index contributed by atoms with van der Waals surface area (Å²) in [6.07, 6.45) is 11.1. The minimum absolute atomic E-state index is 0.0344. The average Bonchev–Trinajstić information content (AvgIpc) is 3.39. The normalized spacial score (nSPS) is 42.1. The topological polar surface area (TPSA) is 90.1 Å². The van der Waals surface area contributed by atoms with Gasteiger partial charge in [-0.15, -0.1) is 5.10 Å². The highest BCUT2D eigenvalue weighted by Gasteiger charge is 2.63. The monoisotopic (exact) mass is 514 g/mol. The van der Waals surface area contributed by atoms with Gasteiger partial charge in [-0.05, 0) is 105 Å². The van der Waals surface area contributed by atoms with E-state index in [0.717, 1.165) is 51.6 Å². The van der Waals surface area contributed by atoms with E-state index in [0.29, 0.717) is 39.9 Å². The van der Waals surface area contributed by atoms with Crippen LogP contribution in [0.3, 0.4) is 0 Å². The molecule has 0 bridgehead atoms. The summed E-state index contributed by atoms with van der Waals surface area (Å²) in [4.78, 5) is 18.1. The molecule has 36 heavy (non-hydrogen) atoms. The second-order valence-electron chi connectivity index (χ2n) is 12.9. The molecule has 2 aromatic heterocycles. The maximum Gasteiger partial charge on any atom is 0.178 e. The van der Waals surface area contributed by atoms with Crippen molar-refractivity contribution >= 4 is 28.5 Å². The van der Waals surface area contributed by atoms with Crippen LogP contribution in [0.15, 0.2) is 12.3 Å². The Bertz CT molecular complexity index is 1170. The van der Waals surface area contributed by atoms with Gasteiger partial charge in [0.1, 0.15) is 12.1 Å². The second kappa shape index (κ2) is 8.74. The second-order valence-corrected chi connectivity index (χ2v) is 13.3. The van der Waals surface area contributed by atoms with E-state index in [2.05, 4.69) is 22.2 Å². The number of halogens is 1. The molecular weight excluding hydrogens is 476 g/mol. The summed E-state index contributed by atoms with van der Waals surface area (Å²) in [5.41, 5.74) is 0.902. The highest BCUT2D eigenvalue weighted by molar-refractivity contribution is 6.31. The predicted octanol–water partition coefficient (Wildman–Crippen LogP) is 5.09. The molecule has 8 atom stereocenters. The van der Waals surface area contributed by atoms with Gasteiger partial charge in [0.15, 0.2) is 11.4 Å². The fourth-order valence-electron chi connectivity index (χ4n) is 9.51. The Balaban J connectivity index is 1.23. The van der Waals surface area contributed by atoms with E-state index < -0.39 is 5.60 Å². The molecule has 0 aromatic carbocycles. The first kappa shape index (κ1) is 24.7. The lowest BCUT2D eigenvalue weighted by molar-refractivity contribution is -0.175. The minimum Gasteiger partial charge on any atom is -0.390 e. The molecule has 0 unspecified atom stereocenters. The van der Waals surface area contributed by atoms with Gasteiger partial charge in [0.05, 0.1) is 17.2 Å². The fraction of sp³-hybridized carbons (Fsp3) is 0.786. The number of aliphatic hydroxyl groups is 1. The summed E-state index contributed by atoms with van der Waals surface area (Å²) in [6, 6.07) is 1.74. The summed E-state index contributed by atoms with van der Waals surface area (Å²) in [6.45, 7) is 5.43. The van der Waals surface area contributed by atoms with Gasteiger partial charge in [-0.3, -0.25) is 4.79 Å². The smallest absolute Gasteiger partial charge is 0.178 e. The van der Waals surface area contributed by atoms with Crippen LogP contribution in [0.2, 0.25) is 5.02 Å². The first-order valence-corrected chi connectivity index (χ1v) is 14.1. The summed E-state index contributed by atoms with van der Waals surface area (Å²) < 4.78 is 7.53. The zero-order chi connectivity index (χ0) is 25.3. The molecule has 0 amide bonds. The Morgan fingerprint density at radius 1 is 1.17 bits per heavy atom. The molecule has 2 heterocycles. The minimum atomic E-state index is -0.547. The first-order valence-electron chi connectivity index (χ1n) is 13.8. The Morgan fingerprint density at radius 2 is 2.00 bits per heavy atom. The van der Waals surface area contributed by atoms with Crippen LogP contribution in [0.1, 0.15) is 71.6 Å². The van der Waals surface area contributed by atoms with Gasteiger partial charge in [-0.2, -0.15) is 0 Å². The number of methoxy groups -OCH3 is 1.